The molecule has 0 radical (unpaired) electrons. The number of methoxy groups -OCH3 is 1. The molecule has 10 heavy (non-hydrogen) atoms. The van der Waals surface area contributed by atoms with Gasteiger partial charge in [-0.15, -0.1) is 0 Å². The number of hydrogen-bond donors (Lipinski definition) is 0. The predicted molar refractivity (Wildman–Crippen MR) is 38.8 cm³/mol. The molecule has 0 N–H and O–H groups in total. The lowest BCUT2D eigenvalue weighted by molar-refractivity contribution is -0.126. The number of carbonyl (C=O) groups is 1. The number of rotatable bonds is 1. The van der Waals surface area contributed by atoms with Gasteiger partial charge in [-0.1, -0.05) is 6.92 Å². The van der Waals surface area contributed by atoms with Gasteiger partial charge in [0.15, 0.2) is 0 Å². The number of ketones is 1. The van der Waals surface area contributed by atoms with E-state index in [0.717, 1.165) is 12.8 Å². The van der Waals surface area contributed by atoms with Crippen LogP contribution in [0.1, 0.15) is 26.2 Å². The van der Waals surface area contributed by atoms with Crippen LogP contribution in [0.4, 0.5) is 0 Å². The van der Waals surface area contributed by atoms with Crippen molar-refractivity contribution >= 4 is 5.78 Å². The van der Waals surface area contributed by atoms with Gasteiger partial charge < -0.3 is 4.74 Å². The van der Waals surface area contributed by atoms with Crippen LogP contribution >= 0.6 is 0 Å². The first-order valence-electron chi connectivity index (χ1n) is 3.79. The van der Waals surface area contributed by atoms with Crippen molar-refractivity contribution in [2.75, 3.05) is 7.11 Å². The minimum atomic E-state index is 0.221. The second kappa shape index (κ2) is 3.15. The number of Topliss-reactive ketones (excluding diaryl/α,β-unsaturated/α-hetero) is 1. The third-order valence-corrected chi connectivity index (χ3v) is 2.21. The summed E-state index contributed by atoms with van der Waals surface area (Å²) in [5.41, 5.74) is 0. The first-order valence-corrected chi connectivity index (χ1v) is 3.79. The lowest BCUT2D eigenvalue weighted by atomic mass is 9.87. The van der Waals surface area contributed by atoms with Gasteiger partial charge >= 0.3 is 0 Å². The molecule has 0 heterocycles. The largest absolute Gasteiger partial charge is 0.381 e. The molecule has 0 bridgehead atoms. The molecule has 0 unspecified atom stereocenters. The van der Waals surface area contributed by atoms with Crippen molar-refractivity contribution in [3.05, 3.63) is 0 Å². The van der Waals surface area contributed by atoms with Crippen molar-refractivity contribution in [3.8, 4) is 0 Å². The van der Waals surface area contributed by atoms with Gasteiger partial charge in [-0.3, -0.25) is 4.79 Å². The SMILES string of the molecule is CO[C@H]1CCC(=O)[C@H](C)C1. The Hall–Kier alpha value is -0.370. The summed E-state index contributed by atoms with van der Waals surface area (Å²) < 4.78 is 5.16. The van der Waals surface area contributed by atoms with Crippen molar-refractivity contribution in [1.29, 1.82) is 0 Å². The molecule has 1 aliphatic carbocycles. The van der Waals surface area contributed by atoms with E-state index in [9.17, 15) is 4.79 Å². The highest BCUT2D eigenvalue weighted by molar-refractivity contribution is 5.81. The van der Waals surface area contributed by atoms with E-state index in [-0.39, 0.29) is 5.92 Å². The molecular formula is C8H14O2. The third-order valence-electron chi connectivity index (χ3n) is 2.21. The molecule has 0 aliphatic heterocycles. The molecule has 2 atom stereocenters. The fourth-order valence-electron chi connectivity index (χ4n) is 1.41. The molecule has 58 valence electrons. The summed E-state index contributed by atoms with van der Waals surface area (Å²) in [7, 11) is 1.72. The maximum absolute atomic E-state index is 11.0. The lowest BCUT2D eigenvalue weighted by Crippen LogP contribution is -2.27. The average molecular weight is 142 g/mol. The van der Waals surface area contributed by atoms with Crippen molar-refractivity contribution in [2.24, 2.45) is 5.92 Å². The number of ether oxygens (including phenoxy) is 1. The Balaban J connectivity index is 2.40. The Kier molecular flexibility index (Phi) is 2.44. The van der Waals surface area contributed by atoms with Gasteiger partial charge in [-0.05, 0) is 12.8 Å². The molecule has 1 aliphatic rings. The molecule has 0 amide bonds. The van der Waals surface area contributed by atoms with Crippen LogP contribution in [-0.4, -0.2) is 19.0 Å². The van der Waals surface area contributed by atoms with E-state index in [1.54, 1.807) is 7.11 Å². The van der Waals surface area contributed by atoms with Gasteiger partial charge in [0.2, 0.25) is 0 Å². The number of hydrogen-bond acceptors (Lipinski definition) is 2. The second-order valence-electron chi connectivity index (χ2n) is 3.00. The summed E-state index contributed by atoms with van der Waals surface area (Å²) in [6.45, 7) is 1.98. The Bertz CT molecular complexity index is 131. The zero-order chi connectivity index (χ0) is 7.56. The number of carbonyl (C=O) groups excluding carboxylic acids is 1. The van der Waals surface area contributed by atoms with Gasteiger partial charge in [0.1, 0.15) is 5.78 Å². The van der Waals surface area contributed by atoms with Crippen LogP contribution in [0.15, 0.2) is 0 Å². The van der Waals surface area contributed by atoms with Crippen molar-refractivity contribution in [1.82, 2.24) is 0 Å². The smallest absolute Gasteiger partial charge is 0.135 e. The average Bonchev–Trinajstić information content (AvgIpc) is 1.95. The van der Waals surface area contributed by atoms with Crippen LogP contribution < -0.4 is 0 Å². The van der Waals surface area contributed by atoms with Crippen LogP contribution in [0.3, 0.4) is 0 Å². The van der Waals surface area contributed by atoms with Crippen LogP contribution in [0.25, 0.3) is 0 Å². The summed E-state index contributed by atoms with van der Waals surface area (Å²) >= 11 is 0. The minimum absolute atomic E-state index is 0.221. The fourth-order valence-corrected chi connectivity index (χ4v) is 1.41. The first kappa shape index (κ1) is 7.73. The summed E-state index contributed by atoms with van der Waals surface area (Å²) in [6, 6.07) is 0. The molecule has 0 aromatic heterocycles. The maximum atomic E-state index is 11.0. The first-order chi connectivity index (χ1) is 4.74. The van der Waals surface area contributed by atoms with E-state index in [1.165, 1.54) is 0 Å². The molecule has 1 fully saturated rings. The second-order valence-corrected chi connectivity index (χ2v) is 3.00. The Morgan fingerprint density at radius 2 is 2.30 bits per heavy atom. The van der Waals surface area contributed by atoms with E-state index >= 15 is 0 Å². The highest BCUT2D eigenvalue weighted by Crippen LogP contribution is 2.22. The van der Waals surface area contributed by atoms with Crippen LogP contribution in [0, 0.1) is 5.92 Å². The van der Waals surface area contributed by atoms with Crippen LogP contribution in [0.2, 0.25) is 0 Å². The molecular weight excluding hydrogens is 128 g/mol. The van der Waals surface area contributed by atoms with E-state index in [4.69, 9.17) is 4.74 Å². The van der Waals surface area contributed by atoms with Crippen LogP contribution in [-0.2, 0) is 9.53 Å². The summed E-state index contributed by atoms with van der Waals surface area (Å²) in [5, 5.41) is 0. The van der Waals surface area contributed by atoms with E-state index in [0.29, 0.717) is 18.3 Å². The van der Waals surface area contributed by atoms with Gasteiger partial charge in [0.25, 0.3) is 0 Å². The Labute approximate surface area is 61.6 Å². The fraction of sp³-hybridized carbons (Fsp3) is 0.875. The monoisotopic (exact) mass is 142 g/mol. The summed E-state index contributed by atoms with van der Waals surface area (Å²) in [6.07, 6.45) is 2.86. The normalized spacial score (nSPS) is 34.4. The molecule has 0 saturated heterocycles. The molecule has 0 aromatic carbocycles. The van der Waals surface area contributed by atoms with Gasteiger partial charge in [0.05, 0.1) is 6.10 Å². The summed E-state index contributed by atoms with van der Waals surface area (Å²) in [5.74, 6) is 0.618. The van der Waals surface area contributed by atoms with Gasteiger partial charge in [-0.25, -0.2) is 0 Å². The standard InChI is InChI=1S/C8H14O2/c1-6-5-7(10-2)3-4-8(6)9/h6-7H,3-5H2,1-2H3/t6-,7+/m1/s1. The quantitative estimate of drug-likeness (QED) is 0.553. The zero-order valence-electron chi connectivity index (χ0n) is 6.59. The summed E-state index contributed by atoms with van der Waals surface area (Å²) in [4.78, 5) is 11.0. The molecule has 1 rings (SSSR count). The Morgan fingerprint density at radius 1 is 1.60 bits per heavy atom. The van der Waals surface area contributed by atoms with Gasteiger partial charge in [-0.2, -0.15) is 0 Å². The molecule has 2 nitrogen and oxygen atoms in total. The molecule has 0 aromatic rings. The highest BCUT2D eigenvalue weighted by Gasteiger charge is 2.24. The molecule has 0 spiro atoms. The van der Waals surface area contributed by atoms with Gasteiger partial charge in [0, 0.05) is 19.4 Å². The van der Waals surface area contributed by atoms with Crippen molar-refractivity contribution in [3.63, 3.8) is 0 Å². The molecule has 2 heteroatoms. The van der Waals surface area contributed by atoms with E-state index < -0.39 is 0 Å². The third kappa shape index (κ3) is 1.57. The predicted octanol–water partition coefficient (Wildman–Crippen LogP) is 1.39. The van der Waals surface area contributed by atoms with Crippen LogP contribution in [0.5, 0.6) is 0 Å². The topological polar surface area (TPSA) is 26.3 Å². The maximum Gasteiger partial charge on any atom is 0.135 e. The highest BCUT2D eigenvalue weighted by atomic mass is 16.5. The Morgan fingerprint density at radius 3 is 2.80 bits per heavy atom. The van der Waals surface area contributed by atoms with E-state index in [1.807, 2.05) is 6.92 Å². The lowest BCUT2D eigenvalue weighted by Gasteiger charge is -2.24. The van der Waals surface area contributed by atoms with E-state index in [2.05, 4.69) is 0 Å². The zero-order valence-corrected chi connectivity index (χ0v) is 6.59. The van der Waals surface area contributed by atoms with Crippen molar-refractivity contribution in [2.45, 2.75) is 32.3 Å². The minimum Gasteiger partial charge on any atom is -0.381 e. The molecule has 1 saturated carbocycles. The van der Waals surface area contributed by atoms with Crippen molar-refractivity contribution < 1.29 is 9.53 Å².